The highest BCUT2D eigenvalue weighted by atomic mass is 16.1. The molecule has 0 unspecified atom stereocenters. The number of imidazole rings is 2. The Morgan fingerprint density at radius 1 is 1.14 bits per heavy atom. The minimum absolute atomic E-state index is 0.0231. The summed E-state index contributed by atoms with van der Waals surface area (Å²) in [4.78, 5) is 37.9. The zero-order chi connectivity index (χ0) is 25.4. The van der Waals surface area contributed by atoms with E-state index in [4.69, 9.17) is 4.98 Å². The molecule has 0 aliphatic rings. The Morgan fingerprint density at radius 2 is 2.05 bits per heavy atom. The van der Waals surface area contributed by atoms with Crippen molar-refractivity contribution >= 4 is 33.7 Å². The van der Waals surface area contributed by atoms with Gasteiger partial charge >= 0.3 is 0 Å². The zero-order valence-corrected chi connectivity index (χ0v) is 20.4. The number of nitrogens with zero attached hydrogens (tertiary/aromatic N) is 7. The molecule has 0 aliphatic carbocycles. The molecule has 37 heavy (non-hydrogen) atoms. The highest BCUT2D eigenvalue weighted by molar-refractivity contribution is 5.95. The lowest BCUT2D eigenvalue weighted by Crippen LogP contribution is -2.11. The van der Waals surface area contributed by atoms with Gasteiger partial charge in [-0.3, -0.25) is 19.9 Å². The topological polar surface area (TPSA) is 143 Å². The molecule has 184 valence electrons. The molecule has 6 aromatic rings. The molecule has 0 aromatic carbocycles. The fraction of sp³-hybridized carbons (Fsp3) is 0.192. The highest BCUT2D eigenvalue weighted by Crippen LogP contribution is 2.30. The number of carbonyl (C=O) groups is 1. The van der Waals surface area contributed by atoms with Crippen molar-refractivity contribution in [1.29, 1.82) is 0 Å². The van der Waals surface area contributed by atoms with E-state index >= 15 is 0 Å². The van der Waals surface area contributed by atoms with Crippen LogP contribution >= 0.6 is 0 Å². The van der Waals surface area contributed by atoms with E-state index in [1.165, 1.54) is 0 Å². The van der Waals surface area contributed by atoms with E-state index in [-0.39, 0.29) is 5.91 Å². The summed E-state index contributed by atoms with van der Waals surface area (Å²) in [5.41, 5.74) is 6.71. The van der Waals surface area contributed by atoms with E-state index in [1.807, 2.05) is 35.9 Å². The van der Waals surface area contributed by atoms with Crippen molar-refractivity contribution in [3.63, 3.8) is 0 Å². The maximum absolute atomic E-state index is 12.2. The summed E-state index contributed by atoms with van der Waals surface area (Å²) < 4.78 is 1.93. The number of fused-ring (bicyclic) bond motifs is 2. The average molecular weight is 493 g/mol. The quantitative estimate of drug-likeness (QED) is 0.296. The third kappa shape index (κ3) is 4.31. The molecule has 6 aromatic heterocycles. The number of aromatic nitrogens is 9. The molecule has 11 heteroatoms. The van der Waals surface area contributed by atoms with Gasteiger partial charge in [-0.15, -0.1) is 0 Å². The predicted octanol–water partition coefficient (Wildman–Crippen LogP) is 4.58. The van der Waals surface area contributed by atoms with Crippen LogP contribution in [0.1, 0.15) is 31.9 Å². The second kappa shape index (κ2) is 9.26. The summed E-state index contributed by atoms with van der Waals surface area (Å²) in [5.74, 6) is 0.565. The molecule has 6 heterocycles. The van der Waals surface area contributed by atoms with Gasteiger partial charge < -0.3 is 14.9 Å². The number of anilines is 1. The minimum atomic E-state index is -0.0231. The van der Waals surface area contributed by atoms with Gasteiger partial charge in [0, 0.05) is 36.0 Å². The summed E-state index contributed by atoms with van der Waals surface area (Å²) in [7, 11) is 0. The number of aryl methyl sites for hydroxylation is 1. The van der Waals surface area contributed by atoms with Crippen LogP contribution in [0.15, 0.2) is 55.5 Å². The lowest BCUT2D eigenvalue weighted by atomic mass is 10.1. The lowest BCUT2D eigenvalue weighted by Gasteiger charge is -2.07. The summed E-state index contributed by atoms with van der Waals surface area (Å²) in [5, 5.41) is 11.3. The van der Waals surface area contributed by atoms with Gasteiger partial charge in [0.2, 0.25) is 5.91 Å². The van der Waals surface area contributed by atoms with Gasteiger partial charge in [0.05, 0.1) is 47.0 Å². The second-order valence-electron chi connectivity index (χ2n) is 8.84. The number of carbonyl (C=O) groups excluding carboxylic acids is 1. The molecular formula is C26H24N10O. The Labute approximate surface area is 211 Å². The summed E-state index contributed by atoms with van der Waals surface area (Å²) in [6.07, 6.45) is 12.8. The maximum atomic E-state index is 12.2. The monoisotopic (exact) mass is 492 g/mol. The van der Waals surface area contributed by atoms with E-state index in [1.54, 1.807) is 31.1 Å². The van der Waals surface area contributed by atoms with Crippen molar-refractivity contribution in [2.45, 2.75) is 33.1 Å². The molecule has 0 bridgehead atoms. The number of aromatic amines is 2. The number of nitrogens with one attached hydrogen (secondary N) is 3. The Kier molecular flexibility index (Phi) is 5.64. The Hall–Kier alpha value is -4.93. The average Bonchev–Trinajstić information content (AvgIpc) is 3.64. The molecule has 6 rings (SSSR count). The highest BCUT2D eigenvalue weighted by Gasteiger charge is 2.17. The van der Waals surface area contributed by atoms with Crippen molar-refractivity contribution < 1.29 is 4.79 Å². The molecule has 3 N–H and O–H groups in total. The molecule has 0 aliphatic heterocycles. The van der Waals surface area contributed by atoms with Crippen LogP contribution in [0.2, 0.25) is 0 Å². The lowest BCUT2D eigenvalue weighted by molar-refractivity contribution is -0.116. The van der Waals surface area contributed by atoms with Gasteiger partial charge in [-0.05, 0) is 31.5 Å². The first-order valence-electron chi connectivity index (χ1n) is 12.0. The number of hydrogen-bond acceptors (Lipinski definition) is 7. The number of hydrogen-bond donors (Lipinski definition) is 3. The molecular weight excluding hydrogens is 468 g/mol. The van der Waals surface area contributed by atoms with Gasteiger partial charge in [0.15, 0.2) is 11.5 Å². The van der Waals surface area contributed by atoms with E-state index in [2.05, 4.69) is 47.4 Å². The van der Waals surface area contributed by atoms with Crippen molar-refractivity contribution in [2.24, 2.45) is 0 Å². The van der Waals surface area contributed by atoms with Crippen LogP contribution in [0.5, 0.6) is 0 Å². The molecule has 0 fully saturated rings. The van der Waals surface area contributed by atoms with Crippen LogP contribution in [0.4, 0.5) is 5.69 Å². The fourth-order valence-electron chi connectivity index (χ4n) is 4.24. The molecule has 0 atom stereocenters. The third-order valence-corrected chi connectivity index (χ3v) is 6.10. The van der Waals surface area contributed by atoms with E-state index in [0.29, 0.717) is 35.0 Å². The van der Waals surface area contributed by atoms with Crippen molar-refractivity contribution in [3.8, 4) is 28.5 Å². The summed E-state index contributed by atoms with van der Waals surface area (Å²) >= 11 is 0. The van der Waals surface area contributed by atoms with E-state index in [9.17, 15) is 4.79 Å². The van der Waals surface area contributed by atoms with Gasteiger partial charge in [-0.1, -0.05) is 13.3 Å². The standard InChI is InChI=1S/C26H24N10O/c1-3-4-5-22(37)31-17-8-16(10-27-11-17)19-9-18-20(12-29-19)34-35-23(18)26-32-24-21(6-7-28-25(24)33-26)36-13-15(2)30-14-36/h6-14H,3-5H2,1-2H3,(H,31,37)(H,34,35)(H,28,32,33). The number of unbranched alkanes of at least 4 members (excludes halogenated alkanes) is 1. The van der Waals surface area contributed by atoms with Crippen LogP contribution in [0.3, 0.4) is 0 Å². The summed E-state index contributed by atoms with van der Waals surface area (Å²) in [6.45, 7) is 4.00. The van der Waals surface area contributed by atoms with Crippen LogP contribution in [-0.4, -0.2) is 50.6 Å². The van der Waals surface area contributed by atoms with Gasteiger partial charge in [0.25, 0.3) is 0 Å². The Balaban J connectivity index is 1.37. The first kappa shape index (κ1) is 22.5. The molecule has 11 nitrogen and oxygen atoms in total. The molecule has 0 radical (unpaired) electrons. The van der Waals surface area contributed by atoms with E-state index < -0.39 is 0 Å². The fourth-order valence-corrected chi connectivity index (χ4v) is 4.24. The van der Waals surface area contributed by atoms with Crippen molar-refractivity contribution in [3.05, 3.63) is 61.2 Å². The largest absolute Gasteiger partial charge is 0.325 e. The molecule has 1 amide bonds. The summed E-state index contributed by atoms with van der Waals surface area (Å²) in [6, 6.07) is 5.71. The number of pyridine rings is 3. The van der Waals surface area contributed by atoms with Crippen LogP contribution < -0.4 is 5.32 Å². The maximum Gasteiger partial charge on any atom is 0.224 e. The zero-order valence-electron chi connectivity index (χ0n) is 20.4. The molecule has 0 spiro atoms. The first-order valence-corrected chi connectivity index (χ1v) is 12.0. The van der Waals surface area contributed by atoms with Crippen molar-refractivity contribution in [2.75, 3.05) is 5.32 Å². The van der Waals surface area contributed by atoms with Crippen LogP contribution in [-0.2, 0) is 4.79 Å². The number of H-pyrrole nitrogens is 2. The number of rotatable bonds is 7. The molecule has 0 saturated carbocycles. The predicted molar refractivity (Wildman–Crippen MR) is 140 cm³/mol. The normalized spacial score (nSPS) is 11.4. The van der Waals surface area contributed by atoms with Crippen LogP contribution in [0, 0.1) is 6.92 Å². The van der Waals surface area contributed by atoms with Crippen LogP contribution in [0.25, 0.3) is 50.5 Å². The number of amides is 1. The smallest absolute Gasteiger partial charge is 0.224 e. The third-order valence-electron chi connectivity index (χ3n) is 6.10. The Bertz CT molecular complexity index is 1750. The van der Waals surface area contributed by atoms with Gasteiger partial charge in [0.1, 0.15) is 11.2 Å². The second-order valence-corrected chi connectivity index (χ2v) is 8.84. The van der Waals surface area contributed by atoms with Gasteiger partial charge in [-0.2, -0.15) is 5.10 Å². The van der Waals surface area contributed by atoms with Crippen molar-refractivity contribution in [1.82, 2.24) is 44.7 Å². The minimum Gasteiger partial charge on any atom is -0.325 e. The SMILES string of the molecule is CCCCC(=O)Nc1cncc(-c2cc3c(-c4nc5c(-n6cnc(C)c6)ccnc5[nH]4)n[nH]c3cn2)c1. The molecule has 0 saturated heterocycles. The first-order chi connectivity index (χ1) is 18.1. The van der Waals surface area contributed by atoms with E-state index in [0.717, 1.165) is 46.2 Å². The Morgan fingerprint density at radius 3 is 2.89 bits per heavy atom. The van der Waals surface area contributed by atoms with Gasteiger partial charge in [-0.25, -0.2) is 15.0 Å².